The molecule has 1 aliphatic heterocycles. The molecule has 2 heterocycles. The van der Waals surface area contributed by atoms with Gasteiger partial charge in [-0.25, -0.2) is 0 Å². The quantitative estimate of drug-likeness (QED) is 0.873. The van der Waals surface area contributed by atoms with Crippen molar-refractivity contribution in [2.75, 3.05) is 18.1 Å². The zero-order chi connectivity index (χ0) is 13.1. The van der Waals surface area contributed by atoms with Crippen molar-refractivity contribution in [1.82, 2.24) is 9.78 Å². The fourth-order valence-corrected chi connectivity index (χ4v) is 2.85. The summed E-state index contributed by atoms with van der Waals surface area (Å²) in [6.07, 6.45) is 4.08. The van der Waals surface area contributed by atoms with Crippen molar-refractivity contribution in [3.05, 3.63) is 11.3 Å². The summed E-state index contributed by atoms with van der Waals surface area (Å²) in [4.78, 5) is 2.29. The molecule has 1 aromatic heterocycles. The molecule has 0 amide bonds. The third-order valence-corrected chi connectivity index (χ3v) is 3.65. The molecular weight excluding hydrogens is 228 g/mol. The minimum absolute atomic E-state index is 0.236. The van der Waals surface area contributed by atoms with Crippen molar-refractivity contribution in [3.63, 3.8) is 0 Å². The summed E-state index contributed by atoms with van der Waals surface area (Å²) in [6, 6.07) is 2.69. The number of aryl methyl sites for hydroxylation is 2. The van der Waals surface area contributed by atoms with Crippen molar-refractivity contribution in [3.8, 4) is 6.07 Å². The number of aliphatic hydroxyl groups excluding tert-OH is 1. The van der Waals surface area contributed by atoms with Gasteiger partial charge in [0.05, 0.1) is 5.69 Å². The minimum atomic E-state index is 0.236. The second-order valence-electron chi connectivity index (χ2n) is 4.87. The second-order valence-corrected chi connectivity index (χ2v) is 4.87. The third-order valence-electron chi connectivity index (χ3n) is 3.65. The van der Waals surface area contributed by atoms with Gasteiger partial charge in [-0.1, -0.05) is 0 Å². The maximum absolute atomic E-state index is 9.27. The molecule has 1 aromatic rings. The molecule has 2 rings (SSSR count). The van der Waals surface area contributed by atoms with Gasteiger partial charge >= 0.3 is 0 Å². The average Bonchev–Trinajstić information content (AvgIpc) is 2.90. The molecule has 0 spiro atoms. The summed E-state index contributed by atoms with van der Waals surface area (Å²) in [6.45, 7) is 3.09. The largest absolute Gasteiger partial charge is 0.396 e. The van der Waals surface area contributed by atoms with E-state index in [4.69, 9.17) is 5.11 Å². The number of aromatic nitrogens is 2. The highest BCUT2D eigenvalue weighted by Gasteiger charge is 2.29. The highest BCUT2D eigenvalue weighted by Crippen LogP contribution is 2.31. The van der Waals surface area contributed by atoms with Crippen LogP contribution in [0.3, 0.4) is 0 Å². The molecular formula is C13H20N4O. The summed E-state index contributed by atoms with van der Waals surface area (Å²) in [5, 5.41) is 22.6. The fraction of sp³-hybridized carbons (Fsp3) is 0.692. The van der Waals surface area contributed by atoms with Crippen molar-refractivity contribution < 1.29 is 5.11 Å². The van der Waals surface area contributed by atoms with E-state index in [0.29, 0.717) is 11.6 Å². The Hall–Kier alpha value is -1.54. The summed E-state index contributed by atoms with van der Waals surface area (Å²) in [5.74, 6) is 0.940. The Morgan fingerprint density at radius 2 is 2.33 bits per heavy atom. The zero-order valence-corrected chi connectivity index (χ0v) is 11.1. The fourth-order valence-electron chi connectivity index (χ4n) is 2.85. The van der Waals surface area contributed by atoms with E-state index in [9.17, 15) is 5.26 Å². The van der Waals surface area contributed by atoms with Crippen LogP contribution in [0.5, 0.6) is 0 Å². The smallest absolute Gasteiger partial charge is 0.145 e. The van der Waals surface area contributed by atoms with E-state index in [1.165, 1.54) is 0 Å². The van der Waals surface area contributed by atoms with Gasteiger partial charge in [-0.05, 0) is 32.6 Å². The number of nitrogens with zero attached hydrogens (tertiary/aromatic N) is 4. The molecule has 98 valence electrons. The lowest BCUT2D eigenvalue weighted by molar-refractivity contribution is 0.279. The van der Waals surface area contributed by atoms with E-state index < -0.39 is 0 Å². The lowest BCUT2D eigenvalue weighted by atomic mass is 10.1. The van der Waals surface area contributed by atoms with Crippen LogP contribution in [0.2, 0.25) is 0 Å². The SMILES string of the molecule is Cc1nn(C)c(N2CCCC2CCCO)c1C#N. The number of anilines is 1. The molecule has 0 radical (unpaired) electrons. The number of hydrogen-bond donors (Lipinski definition) is 1. The number of aliphatic hydroxyl groups is 1. The molecule has 1 saturated heterocycles. The summed E-state index contributed by atoms with van der Waals surface area (Å²) < 4.78 is 1.81. The number of hydrogen-bond acceptors (Lipinski definition) is 4. The van der Waals surface area contributed by atoms with Crippen LogP contribution in [0.4, 0.5) is 5.82 Å². The monoisotopic (exact) mass is 248 g/mol. The molecule has 1 atom stereocenters. The van der Waals surface area contributed by atoms with E-state index >= 15 is 0 Å². The standard InChI is InChI=1S/C13H20N4O/c1-10-12(9-14)13(16(2)15-10)17-7-3-5-11(17)6-4-8-18/h11,18H,3-8H2,1-2H3. The van der Waals surface area contributed by atoms with E-state index in [-0.39, 0.29) is 6.61 Å². The Morgan fingerprint density at radius 3 is 3.00 bits per heavy atom. The van der Waals surface area contributed by atoms with Crippen LogP contribution < -0.4 is 4.90 Å². The first kappa shape index (κ1) is 12.9. The molecule has 0 aliphatic carbocycles. The normalized spacial score (nSPS) is 19.2. The molecule has 1 N–H and O–H groups in total. The van der Waals surface area contributed by atoms with Gasteiger partial charge in [0.2, 0.25) is 0 Å². The molecule has 18 heavy (non-hydrogen) atoms. The maximum Gasteiger partial charge on any atom is 0.145 e. The van der Waals surface area contributed by atoms with Crippen LogP contribution in [-0.4, -0.2) is 34.1 Å². The Labute approximate surface area is 108 Å². The van der Waals surface area contributed by atoms with Crippen LogP contribution >= 0.6 is 0 Å². The van der Waals surface area contributed by atoms with Gasteiger partial charge < -0.3 is 10.0 Å². The molecule has 0 aromatic carbocycles. The van der Waals surface area contributed by atoms with Gasteiger partial charge in [0.1, 0.15) is 17.5 Å². The Kier molecular flexibility index (Phi) is 3.87. The number of nitriles is 1. The number of rotatable bonds is 4. The lowest BCUT2D eigenvalue weighted by Gasteiger charge is -2.26. The molecule has 1 fully saturated rings. The topological polar surface area (TPSA) is 65.1 Å². The zero-order valence-electron chi connectivity index (χ0n) is 11.1. The van der Waals surface area contributed by atoms with Crippen LogP contribution in [-0.2, 0) is 7.05 Å². The molecule has 1 aliphatic rings. The van der Waals surface area contributed by atoms with E-state index in [0.717, 1.165) is 43.7 Å². The van der Waals surface area contributed by atoms with Gasteiger partial charge in [-0.3, -0.25) is 4.68 Å². The molecule has 0 saturated carbocycles. The molecule has 1 unspecified atom stereocenters. The Balaban J connectivity index is 2.27. The summed E-state index contributed by atoms with van der Waals surface area (Å²) in [5.41, 5.74) is 1.48. The Bertz CT molecular complexity index is 460. The van der Waals surface area contributed by atoms with Crippen LogP contribution in [0.25, 0.3) is 0 Å². The van der Waals surface area contributed by atoms with Crippen molar-refractivity contribution in [2.45, 2.75) is 38.6 Å². The molecule has 5 nitrogen and oxygen atoms in total. The second kappa shape index (κ2) is 5.40. The highest BCUT2D eigenvalue weighted by molar-refractivity contribution is 5.58. The van der Waals surface area contributed by atoms with Gasteiger partial charge in [0.25, 0.3) is 0 Å². The first-order chi connectivity index (χ1) is 8.69. The maximum atomic E-state index is 9.27. The average molecular weight is 248 g/mol. The van der Waals surface area contributed by atoms with Gasteiger partial charge in [0.15, 0.2) is 0 Å². The summed E-state index contributed by atoms with van der Waals surface area (Å²) >= 11 is 0. The first-order valence-corrected chi connectivity index (χ1v) is 6.50. The minimum Gasteiger partial charge on any atom is -0.396 e. The molecule has 5 heteroatoms. The lowest BCUT2D eigenvalue weighted by Crippen LogP contribution is -2.31. The van der Waals surface area contributed by atoms with Gasteiger partial charge in [-0.2, -0.15) is 10.4 Å². The molecule has 0 bridgehead atoms. The van der Waals surface area contributed by atoms with Crippen LogP contribution in [0, 0.1) is 18.3 Å². The predicted molar refractivity (Wildman–Crippen MR) is 69.3 cm³/mol. The predicted octanol–water partition coefficient (Wildman–Crippen LogP) is 1.34. The van der Waals surface area contributed by atoms with E-state index in [1.807, 2.05) is 18.7 Å². The van der Waals surface area contributed by atoms with Gasteiger partial charge in [0, 0.05) is 26.2 Å². The third kappa shape index (κ3) is 2.21. The summed E-state index contributed by atoms with van der Waals surface area (Å²) in [7, 11) is 1.89. The highest BCUT2D eigenvalue weighted by atomic mass is 16.2. The van der Waals surface area contributed by atoms with Crippen LogP contribution in [0.1, 0.15) is 36.9 Å². The van der Waals surface area contributed by atoms with Gasteiger partial charge in [-0.15, -0.1) is 0 Å². The van der Waals surface area contributed by atoms with Crippen molar-refractivity contribution >= 4 is 5.82 Å². The first-order valence-electron chi connectivity index (χ1n) is 6.50. The Morgan fingerprint density at radius 1 is 1.56 bits per heavy atom. The van der Waals surface area contributed by atoms with E-state index in [2.05, 4.69) is 16.1 Å². The van der Waals surface area contributed by atoms with Crippen LogP contribution in [0.15, 0.2) is 0 Å². The van der Waals surface area contributed by atoms with Crippen molar-refractivity contribution in [2.24, 2.45) is 7.05 Å². The van der Waals surface area contributed by atoms with Crippen molar-refractivity contribution in [1.29, 1.82) is 5.26 Å². The van der Waals surface area contributed by atoms with E-state index in [1.54, 1.807) is 0 Å².